The summed E-state index contributed by atoms with van der Waals surface area (Å²) in [6.45, 7) is 8.84. The number of furan rings is 1. The van der Waals surface area contributed by atoms with Gasteiger partial charge in [-0.2, -0.15) is 5.26 Å². The van der Waals surface area contributed by atoms with Crippen molar-refractivity contribution in [3.8, 4) is 28.5 Å². The molecule has 0 N–H and O–H groups in total. The largest absolute Gasteiger partial charge is 0.454 e. The quantitative estimate of drug-likeness (QED) is 0.188. The molecule has 0 aliphatic heterocycles. The number of hydrogen-bond acceptors (Lipinski definition) is 2. The van der Waals surface area contributed by atoms with Crippen LogP contribution >= 0.6 is 0 Å². The zero-order valence-corrected chi connectivity index (χ0v) is 27.0. The summed E-state index contributed by atoms with van der Waals surface area (Å²) in [7, 11) is 2.10. The van der Waals surface area contributed by atoms with E-state index < -0.39 is 0 Å². The van der Waals surface area contributed by atoms with E-state index in [-0.39, 0.29) is 0 Å². The molecule has 0 amide bonds. The predicted octanol–water partition coefficient (Wildman–Crippen LogP) is 10.8. The van der Waals surface area contributed by atoms with Gasteiger partial charge >= 0.3 is 0 Å². The van der Waals surface area contributed by atoms with Crippen LogP contribution in [0.25, 0.3) is 44.3 Å². The van der Waals surface area contributed by atoms with Crippen molar-refractivity contribution in [2.45, 2.75) is 71.1 Å². The first-order valence-electron chi connectivity index (χ1n) is 16.4. The van der Waals surface area contributed by atoms with E-state index in [0.29, 0.717) is 23.3 Å². The molecule has 3 nitrogen and oxygen atoms in total. The van der Waals surface area contributed by atoms with Crippen LogP contribution in [0, 0.1) is 25.2 Å². The van der Waals surface area contributed by atoms with Crippen LogP contribution in [0.4, 0.5) is 0 Å². The Morgan fingerprint density at radius 2 is 1.44 bits per heavy atom. The second-order valence-electron chi connectivity index (χ2n) is 13.4. The second kappa shape index (κ2) is 11.7. The Hall–Kier alpha value is -4.68. The Morgan fingerprint density at radius 3 is 2.13 bits per heavy atom. The standard InChI is InChI=1S/C42H41N2O/c1-26(2)32-21-22-44(5)38(24-32)39-27(3)11-18-36-37-20-17-34(25-43)40(42(37)45-41(36)39)33-16-19-35(28(4)23-33)31-14-12-30(13-15-31)29-9-7-6-8-10-29/h6-11,16-24,26,30-31H,12-15H2,1-5H3/q+1. The molecular formula is C42H41N2O+. The van der Waals surface area contributed by atoms with Gasteiger partial charge in [-0.3, -0.25) is 0 Å². The van der Waals surface area contributed by atoms with Crippen LogP contribution in [0.1, 0.15) is 90.7 Å². The minimum Gasteiger partial charge on any atom is -0.454 e. The highest BCUT2D eigenvalue weighted by Gasteiger charge is 2.26. The number of nitriles is 1. The van der Waals surface area contributed by atoms with Crippen LogP contribution in [-0.4, -0.2) is 0 Å². The second-order valence-corrected chi connectivity index (χ2v) is 13.4. The van der Waals surface area contributed by atoms with E-state index in [1.165, 1.54) is 53.5 Å². The van der Waals surface area contributed by atoms with Crippen LogP contribution in [0.3, 0.4) is 0 Å². The van der Waals surface area contributed by atoms with Gasteiger partial charge in [-0.05, 0) is 103 Å². The van der Waals surface area contributed by atoms with Crippen molar-refractivity contribution in [3.05, 3.63) is 125 Å². The molecule has 1 fully saturated rings. The van der Waals surface area contributed by atoms with Crippen molar-refractivity contribution in [2.75, 3.05) is 0 Å². The van der Waals surface area contributed by atoms with Crippen molar-refractivity contribution in [3.63, 3.8) is 0 Å². The highest BCUT2D eigenvalue weighted by Crippen LogP contribution is 2.45. The molecule has 0 spiro atoms. The van der Waals surface area contributed by atoms with Crippen molar-refractivity contribution >= 4 is 21.9 Å². The number of fused-ring (bicyclic) bond motifs is 3. The Balaban J connectivity index is 1.31. The Labute approximate surface area is 266 Å². The number of pyridine rings is 1. The van der Waals surface area contributed by atoms with Gasteiger partial charge in [0.1, 0.15) is 18.2 Å². The molecule has 45 heavy (non-hydrogen) atoms. The molecule has 0 bridgehead atoms. The topological polar surface area (TPSA) is 40.8 Å². The SMILES string of the molecule is Cc1cc(-c2c(C#N)ccc3c2oc2c(-c4cc(C(C)C)cc[n+]4C)c(C)ccc23)ccc1C1CCC(c2ccccc2)CC1. The lowest BCUT2D eigenvalue weighted by molar-refractivity contribution is -0.660. The van der Waals surface area contributed by atoms with Gasteiger partial charge in [-0.15, -0.1) is 0 Å². The summed E-state index contributed by atoms with van der Waals surface area (Å²) in [5.41, 5.74) is 13.2. The molecule has 4 aromatic carbocycles. The number of nitrogens with zero attached hydrogens (tertiary/aromatic N) is 2. The van der Waals surface area contributed by atoms with E-state index in [2.05, 4.69) is 130 Å². The van der Waals surface area contributed by atoms with Crippen molar-refractivity contribution in [1.82, 2.24) is 0 Å². The first-order chi connectivity index (χ1) is 21.8. The van der Waals surface area contributed by atoms with E-state index in [9.17, 15) is 5.26 Å². The fourth-order valence-corrected chi connectivity index (χ4v) is 7.65. The van der Waals surface area contributed by atoms with E-state index in [0.717, 1.165) is 44.3 Å². The lowest BCUT2D eigenvalue weighted by Crippen LogP contribution is -2.31. The first kappa shape index (κ1) is 29.1. The third-order valence-corrected chi connectivity index (χ3v) is 10.2. The maximum atomic E-state index is 10.3. The molecule has 6 aromatic rings. The Bertz CT molecular complexity index is 2090. The average molecular weight is 590 g/mol. The van der Waals surface area contributed by atoms with Crippen LogP contribution in [0.5, 0.6) is 0 Å². The smallest absolute Gasteiger partial charge is 0.216 e. The summed E-state index contributed by atoms with van der Waals surface area (Å²) in [5.74, 6) is 1.66. The molecular weight excluding hydrogens is 548 g/mol. The molecule has 1 aliphatic carbocycles. The monoisotopic (exact) mass is 589 g/mol. The van der Waals surface area contributed by atoms with Gasteiger partial charge in [0.15, 0.2) is 6.20 Å². The van der Waals surface area contributed by atoms with Gasteiger partial charge in [-0.25, -0.2) is 4.57 Å². The van der Waals surface area contributed by atoms with Gasteiger partial charge in [-0.1, -0.05) is 74.5 Å². The number of rotatable bonds is 5. The fourth-order valence-electron chi connectivity index (χ4n) is 7.65. The van der Waals surface area contributed by atoms with E-state index in [1.54, 1.807) is 0 Å². The molecule has 0 radical (unpaired) electrons. The Morgan fingerprint density at radius 1 is 0.756 bits per heavy atom. The number of aromatic nitrogens is 1. The molecule has 1 saturated carbocycles. The molecule has 3 heteroatoms. The Kier molecular flexibility index (Phi) is 7.54. The van der Waals surface area contributed by atoms with Gasteiger partial charge in [0.25, 0.3) is 0 Å². The van der Waals surface area contributed by atoms with E-state index >= 15 is 0 Å². The maximum absolute atomic E-state index is 10.3. The first-order valence-corrected chi connectivity index (χ1v) is 16.4. The molecule has 224 valence electrons. The van der Waals surface area contributed by atoms with Gasteiger partial charge in [0.2, 0.25) is 5.69 Å². The molecule has 0 atom stereocenters. The maximum Gasteiger partial charge on any atom is 0.216 e. The lowest BCUT2D eigenvalue weighted by atomic mass is 9.75. The summed E-state index contributed by atoms with van der Waals surface area (Å²) >= 11 is 0. The molecule has 2 aromatic heterocycles. The van der Waals surface area contributed by atoms with Crippen LogP contribution in [0.2, 0.25) is 0 Å². The number of hydrogen-bond donors (Lipinski definition) is 0. The summed E-state index contributed by atoms with van der Waals surface area (Å²) in [6.07, 6.45) is 7.02. The van der Waals surface area contributed by atoms with Crippen molar-refractivity contribution < 1.29 is 8.98 Å². The van der Waals surface area contributed by atoms with Crippen molar-refractivity contribution in [2.24, 2.45) is 7.05 Å². The summed E-state index contributed by atoms with van der Waals surface area (Å²) in [4.78, 5) is 0. The van der Waals surface area contributed by atoms with Gasteiger partial charge < -0.3 is 4.42 Å². The molecule has 2 heterocycles. The fraction of sp³-hybridized carbons (Fsp3) is 0.286. The summed E-state index contributed by atoms with van der Waals surface area (Å²) in [6, 6.07) is 33.1. The highest BCUT2D eigenvalue weighted by atomic mass is 16.3. The zero-order chi connectivity index (χ0) is 31.2. The predicted molar refractivity (Wildman–Crippen MR) is 184 cm³/mol. The van der Waals surface area contributed by atoms with E-state index in [4.69, 9.17) is 4.42 Å². The number of benzene rings is 4. The average Bonchev–Trinajstić information content (AvgIpc) is 3.43. The summed E-state index contributed by atoms with van der Waals surface area (Å²) in [5, 5.41) is 12.4. The molecule has 0 unspecified atom stereocenters. The molecule has 1 aliphatic rings. The molecule has 0 saturated heterocycles. The third-order valence-electron chi connectivity index (χ3n) is 10.2. The van der Waals surface area contributed by atoms with Crippen LogP contribution < -0.4 is 4.57 Å². The number of aryl methyl sites for hydroxylation is 3. The van der Waals surface area contributed by atoms with Crippen molar-refractivity contribution in [1.29, 1.82) is 5.26 Å². The van der Waals surface area contributed by atoms with Crippen LogP contribution in [-0.2, 0) is 7.05 Å². The highest BCUT2D eigenvalue weighted by molar-refractivity contribution is 6.14. The minimum atomic E-state index is 0.426. The van der Waals surface area contributed by atoms with Gasteiger partial charge in [0.05, 0.1) is 17.2 Å². The van der Waals surface area contributed by atoms with Crippen LogP contribution in [0.15, 0.2) is 95.5 Å². The third kappa shape index (κ3) is 5.13. The zero-order valence-electron chi connectivity index (χ0n) is 27.0. The summed E-state index contributed by atoms with van der Waals surface area (Å²) < 4.78 is 9.06. The minimum absolute atomic E-state index is 0.426. The van der Waals surface area contributed by atoms with E-state index in [1.807, 2.05) is 6.07 Å². The van der Waals surface area contributed by atoms with Gasteiger partial charge in [0, 0.05) is 28.5 Å². The normalized spacial score (nSPS) is 16.8. The molecule has 7 rings (SSSR count). The lowest BCUT2D eigenvalue weighted by Gasteiger charge is -2.30.